The van der Waals surface area contributed by atoms with Crippen LogP contribution in [0.4, 0.5) is 5.69 Å². The van der Waals surface area contributed by atoms with E-state index in [-0.39, 0.29) is 0 Å². The Kier molecular flexibility index (Phi) is 4.48. The number of piperazine rings is 1. The molecule has 1 aromatic carbocycles. The fraction of sp³-hybridized carbons (Fsp3) is 0.500. The molecule has 1 heterocycles. The number of benzene rings is 1. The highest BCUT2D eigenvalue weighted by atomic mass is 16.5. The predicted octanol–water partition coefficient (Wildman–Crippen LogP) is 1.35. The molecule has 1 aliphatic rings. The van der Waals surface area contributed by atoms with Gasteiger partial charge in [0.15, 0.2) is 0 Å². The lowest BCUT2D eigenvalue weighted by molar-refractivity contribution is 0.285. The largest absolute Gasteiger partial charge is 0.497 e. The highest BCUT2D eigenvalue weighted by Gasteiger charge is 2.19. The smallest absolute Gasteiger partial charge is 0.142 e. The van der Waals surface area contributed by atoms with Crippen LogP contribution in [0.15, 0.2) is 18.2 Å². The van der Waals surface area contributed by atoms with Crippen LogP contribution in [0.1, 0.15) is 0 Å². The highest BCUT2D eigenvalue weighted by molar-refractivity contribution is 5.62. The van der Waals surface area contributed by atoms with E-state index < -0.39 is 0 Å². The molecular weight excluding hydrogens is 242 g/mol. The van der Waals surface area contributed by atoms with Gasteiger partial charge in [0.2, 0.25) is 0 Å². The van der Waals surface area contributed by atoms with Crippen molar-refractivity contribution in [1.82, 2.24) is 4.90 Å². The number of hydrogen-bond acceptors (Lipinski definition) is 5. The van der Waals surface area contributed by atoms with Crippen LogP contribution in [0, 0.1) is 11.3 Å². The van der Waals surface area contributed by atoms with Gasteiger partial charge in [-0.25, -0.2) is 0 Å². The molecular formula is C14H19N3O2. The summed E-state index contributed by atoms with van der Waals surface area (Å²) in [4.78, 5) is 4.43. The molecule has 1 saturated heterocycles. The summed E-state index contributed by atoms with van der Waals surface area (Å²) in [6.07, 6.45) is 0. The first-order chi connectivity index (χ1) is 9.28. The molecule has 0 radical (unpaired) electrons. The SMILES string of the molecule is COc1ccc(OC)c(N2CCN(CC#N)CC2)c1. The third-order valence-electron chi connectivity index (χ3n) is 3.39. The molecule has 0 saturated carbocycles. The number of rotatable bonds is 4. The van der Waals surface area contributed by atoms with Crippen molar-refractivity contribution >= 4 is 5.69 Å². The zero-order chi connectivity index (χ0) is 13.7. The lowest BCUT2D eigenvalue weighted by Gasteiger charge is -2.35. The Hall–Kier alpha value is -1.93. The van der Waals surface area contributed by atoms with Crippen molar-refractivity contribution in [3.8, 4) is 17.6 Å². The Bertz CT molecular complexity index is 462. The summed E-state index contributed by atoms with van der Waals surface area (Å²) >= 11 is 0. The van der Waals surface area contributed by atoms with E-state index in [9.17, 15) is 0 Å². The molecule has 0 N–H and O–H groups in total. The second kappa shape index (κ2) is 6.30. The van der Waals surface area contributed by atoms with Crippen LogP contribution >= 0.6 is 0 Å². The van der Waals surface area contributed by atoms with Gasteiger partial charge in [0.1, 0.15) is 11.5 Å². The Morgan fingerprint density at radius 3 is 2.47 bits per heavy atom. The monoisotopic (exact) mass is 261 g/mol. The van der Waals surface area contributed by atoms with Crippen LogP contribution in [-0.2, 0) is 0 Å². The van der Waals surface area contributed by atoms with Gasteiger partial charge in [0.05, 0.1) is 32.5 Å². The second-order valence-electron chi connectivity index (χ2n) is 4.46. The molecule has 2 rings (SSSR count). The topological polar surface area (TPSA) is 48.7 Å². The average molecular weight is 261 g/mol. The van der Waals surface area contributed by atoms with Crippen molar-refractivity contribution < 1.29 is 9.47 Å². The van der Waals surface area contributed by atoms with E-state index in [1.807, 2.05) is 18.2 Å². The Morgan fingerprint density at radius 1 is 1.16 bits per heavy atom. The van der Waals surface area contributed by atoms with Crippen LogP contribution in [-0.4, -0.2) is 51.8 Å². The molecule has 0 aliphatic carbocycles. The molecule has 102 valence electrons. The van der Waals surface area contributed by atoms with Gasteiger partial charge >= 0.3 is 0 Å². The molecule has 1 fully saturated rings. The van der Waals surface area contributed by atoms with Crippen molar-refractivity contribution in [3.05, 3.63) is 18.2 Å². The molecule has 0 aromatic heterocycles. The molecule has 0 spiro atoms. The van der Waals surface area contributed by atoms with Crippen LogP contribution in [0.25, 0.3) is 0 Å². The molecule has 0 amide bonds. The van der Waals surface area contributed by atoms with Gasteiger partial charge in [-0.3, -0.25) is 4.90 Å². The quantitative estimate of drug-likeness (QED) is 0.766. The zero-order valence-electron chi connectivity index (χ0n) is 11.4. The third kappa shape index (κ3) is 3.09. The van der Waals surface area contributed by atoms with Crippen LogP contribution < -0.4 is 14.4 Å². The summed E-state index contributed by atoms with van der Waals surface area (Å²) in [7, 11) is 3.34. The highest BCUT2D eigenvalue weighted by Crippen LogP contribution is 2.32. The number of ether oxygens (including phenoxy) is 2. The Balaban J connectivity index is 2.12. The zero-order valence-corrected chi connectivity index (χ0v) is 11.4. The summed E-state index contributed by atoms with van der Waals surface area (Å²) in [5.41, 5.74) is 1.05. The van der Waals surface area contributed by atoms with Gasteiger partial charge in [-0.1, -0.05) is 0 Å². The summed E-state index contributed by atoms with van der Waals surface area (Å²) in [6.45, 7) is 4.08. The van der Waals surface area contributed by atoms with Gasteiger partial charge < -0.3 is 14.4 Å². The Labute approximate surface area is 113 Å². The summed E-state index contributed by atoms with van der Waals surface area (Å²) < 4.78 is 10.7. The fourth-order valence-corrected chi connectivity index (χ4v) is 2.29. The van der Waals surface area contributed by atoms with Crippen LogP contribution in [0.2, 0.25) is 0 Å². The number of nitrogens with zero attached hydrogens (tertiary/aromatic N) is 3. The number of methoxy groups -OCH3 is 2. The van der Waals surface area contributed by atoms with E-state index in [4.69, 9.17) is 14.7 Å². The molecule has 1 aliphatic heterocycles. The van der Waals surface area contributed by atoms with E-state index >= 15 is 0 Å². The van der Waals surface area contributed by atoms with Gasteiger partial charge in [-0.2, -0.15) is 5.26 Å². The summed E-state index contributed by atoms with van der Waals surface area (Å²) in [5, 5.41) is 8.71. The Morgan fingerprint density at radius 2 is 1.89 bits per heavy atom. The van der Waals surface area contributed by atoms with Crippen molar-refractivity contribution in [2.75, 3.05) is 51.8 Å². The second-order valence-corrected chi connectivity index (χ2v) is 4.46. The first kappa shape index (κ1) is 13.5. The van der Waals surface area contributed by atoms with Crippen LogP contribution in [0.3, 0.4) is 0 Å². The summed E-state index contributed by atoms with van der Waals surface area (Å²) in [5.74, 6) is 1.68. The fourth-order valence-electron chi connectivity index (χ4n) is 2.29. The predicted molar refractivity (Wildman–Crippen MR) is 73.8 cm³/mol. The third-order valence-corrected chi connectivity index (χ3v) is 3.39. The lowest BCUT2D eigenvalue weighted by Crippen LogP contribution is -2.46. The molecule has 19 heavy (non-hydrogen) atoms. The maximum absolute atomic E-state index is 8.71. The minimum atomic E-state index is 0.503. The molecule has 1 aromatic rings. The van der Waals surface area contributed by atoms with E-state index in [0.29, 0.717) is 6.54 Å². The molecule has 5 nitrogen and oxygen atoms in total. The number of hydrogen-bond donors (Lipinski definition) is 0. The van der Waals surface area contributed by atoms with Crippen molar-refractivity contribution in [1.29, 1.82) is 5.26 Å². The van der Waals surface area contributed by atoms with Crippen molar-refractivity contribution in [2.24, 2.45) is 0 Å². The lowest BCUT2D eigenvalue weighted by atomic mass is 10.2. The first-order valence-corrected chi connectivity index (χ1v) is 6.34. The van der Waals surface area contributed by atoms with E-state index in [2.05, 4.69) is 15.9 Å². The molecule has 0 bridgehead atoms. The van der Waals surface area contributed by atoms with Gasteiger partial charge in [0, 0.05) is 32.2 Å². The van der Waals surface area contributed by atoms with E-state index in [0.717, 1.165) is 43.4 Å². The average Bonchev–Trinajstić information content (AvgIpc) is 2.47. The first-order valence-electron chi connectivity index (χ1n) is 6.34. The number of anilines is 1. The van der Waals surface area contributed by atoms with Crippen LogP contribution in [0.5, 0.6) is 11.5 Å². The van der Waals surface area contributed by atoms with Crippen molar-refractivity contribution in [2.45, 2.75) is 0 Å². The minimum absolute atomic E-state index is 0.503. The van der Waals surface area contributed by atoms with Gasteiger partial charge in [-0.15, -0.1) is 0 Å². The number of nitriles is 1. The van der Waals surface area contributed by atoms with Gasteiger partial charge in [0.25, 0.3) is 0 Å². The minimum Gasteiger partial charge on any atom is -0.497 e. The maximum atomic E-state index is 8.71. The summed E-state index contributed by atoms with van der Waals surface area (Å²) in [6, 6.07) is 8.02. The van der Waals surface area contributed by atoms with E-state index in [1.54, 1.807) is 14.2 Å². The standard InChI is InChI=1S/C14H19N3O2/c1-18-12-3-4-14(19-2)13(11-12)17-9-7-16(6-5-15)8-10-17/h3-4,11H,6-10H2,1-2H3. The van der Waals surface area contributed by atoms with E-state index in [1.165, 1.54) is 0 Å². The molecule has 5 heteroatoms. The molecule has 0 atom stereocenters. The maximum Gasteiger partial charge on any atom is 0.142 e. The van der Waals surface area contributed by atoms with Crippen molar-refractivity contribution in [3.63, 3.8) is 0 Å². The van der Waals surface area contributed by atoms with Gasteiger partial charge in [-0.05, 0) is 12.1 Å². The normalized spacial score (nSPS) is 15.9. The molecule has 0 unspecified atom stereocenters.